The van der Waals surface area contributed by atoms with Gasteiger partial charge in [0.15, 0.2) is 0 Å². The molecule has 0 saturated carbocycles. The zero-order valence-corrected chi connectivity index (χ0v) is 12.6. The summed E-state index contributed by atoms with van der Waals surface area (Å²) < 4.78 is 3.02. The summed E-state index contributed by atoms with van der Waals surface area (Å²) in [4.78, 5) is 12.0. The quantitative estimate of drug-likeness (QED) is 0.636. The van der Waals surface area contributed by atoms with E-state index in [2.05, 4.69) is 8.85 Å². The summed E-state index contributed by atoms with van der Waals surface area (Å²) in [5.41, 5.74) is 1.12. The average Bonchev–Trinajstić information content (AvgIpc) is 2.30. The van der Waals surface area contributed by atoms with E-state index >= 15 is 0 Å². The van der Waals surface area contributed by atoms with Gasteiger partial charge in [-0.15, -0.1) is 0 Å². The lowest BCUT2D eigenvalue weighted by atomic mass is 10.0. The second-order valence-electron chi connectivity index (χ2n) is 4.47. The Morgan fingerprint density at radius 1 is 1.18 bits per heavy atom. The summed E-state index contributed by atoms with van der Waals surface area (Å²) in [7, 11) is 0. The first-order chi connectivity index (χ1) is 8.06. The molecule has 1 aromatic rings. The molecule has 17 heavy (non-hydrogen) atoms. The second-order valence-corrected chi connectivity index (χ2v) is 5.09. The third-order valence-electron chi connectivity index (χ3n) is 2.73. The average molecular weight is 346 g/mol. The molecule has 2 atom stereocenters. The van der Waals surface area contributed by atoms with E-state index in [0.29, 0.717) is 0 Å². The Kier molecular flexibility index (Phi) is 5.91. The molecule has 0 spiro atoms. The summed E-state index contributed by atoms with van der Waals surface area (Å²) in [5, 5.41) is 3.02. The zero-order chi connectivity index (χ0) is 12.8. The van der Waals surface area contributed by atoms with Crippen LogP contribution in [0.1, 0.15) is 32.4 Å². The summed E-state index contributed by atoms with van der Waals surface area (Å²) in [6.07, 6.45) is 0. The van der Waals surface area contributed by atoms with Crippen molar-refractivity contribution in [3.05, 3.63) is 35.9 Å². The first kappa shape index (κ1) is 14.4. The number of benzene rings is 1. The number of halogens is 1. The molecule has 0 bridgehead atoms. The van der Waals surface area contributed by atoms with Crippen LogP contribution < -0.4 is 8.85 Å². The number of carbonyl (C=O) groups is 1. The van der Waals surface area contributed by atoms with E-state index in [1.54, 1.807) is 0 Å². The highest BCUT2D eigenvalue weighted by Crippen LogP contribution is 2.12. The molecule has 0 heterocycles. The van der Waals surface area contributed by atoms with Crippen LogP contribution in [0.5, 0.6) is 0 Å². The fraction of sp³-hybridized carbons (Fsp3) is 0.462. The third kappa shape index (κ3) is 4.27. The molecule has 0 unspecified atom stereocenters. The maximum absolute atomic E-state index is 12.0. The van der Waals surface area contributed by atoms with Crippen molar-refractivity contribution in [2.45, 2.75) is 32.9 Å². The van der Waals surface area contributed by atoms with E-state index in [1.165, 1.54) is 0 Å². The highest BCUT2D eigenvalue weighted by Gasteiger charge is 2.22. The third-order valence-corrected chi connectivity index (χ3v) is 3.40. The normalized spacial score (nSPS) is 14.4. The Hall–Kier alpha value is -0.620. The summed E-state index contributed by atoms with van der Waals surface area (Å²) in [6.45, 7) is 6.06. The van der Waals surface area contributed by atoms with Gasteiger partial charge in [0, 0.05) is 22.9 Å². The molecular formula is C13H19IN2O. The van der Waals surface area contributed by atoms with Gasteiger partial charge < -0.3 is 5.32 Å². The molecule has 0 aliphatic carbocycles. The van der Waals surface area contributed by atoms with Crippen LogP contribution in [0.15, 0.2) is 30.3 Å². The van der Waals surface area contributed by atoms with Crippen LogP contribution in [0.4, 0.5) is 0 Å². The lowest BCUT2D eigenvalue weighted by molar-refractivity contribution is -0.124. The highest BCUT2D eigenvalue weighted by molar-refractivity contribution is 14.1. The van der Waals surface area contributed by atoms with Gasteiger partial charge in [0.25, 0.3) is 0 Å². The van der Waals surface area contributed by atoms with Crippen LogP contribution in [0, 0.1) is 5.92 Å². The molecule has 94 valence electrons. The Balaban J connectivity index is 2.63. The number of hydrogen-bond acceptors (Lipinski definition) is 2. The van der Waals surface area contributed by atoms with Crippen molar-refractivity contribution < 1.29 is 4.79 Å². The molecule has 3 nitrogen and oxygen atoms in total. The SMILES string of the molecule is CC(C)[C@@H](NI)C(=O)N[C@@H](C)c1ccccc1. The molecule has 1 rings (SSSR count). The number of hydrogen-bond donors (Lipinski definition) is 2. The van der Waals surface area contributed by atoms with E-state index < -0.39 is 0 Å². The van der Waals surface area contributed by atoms with Crippen molar-refractivity contribution in [3.63, 3.8) is 0 Å². The van der Waals surface area contributed by atoms with Gasteiger partial charge in [0.2, 0.25) is 5.91 Å². The molecule has 0 fully saturated rings. The number of carbonyl (C=O) groups excluding carboxylic acids is 1. The molecule has 0 aliphatic rings. The van der Waals surface area contributed by atoms with E-state index in [4.69, 9.17) is 0 Å². The van der Waals surface area contributed by atoms with Gasteiger partial charge in [-0.05, 0) is 18.4 Å². The summed E-state index contributed by atoms with van der Waals surface area (Å²) in [5.74, 6) is 0.320. The Morgan fingerprint density at radius 3 is 2.24 bits per heavy atom. The maximum Gasteiger partial charge on any atom is 0.238 e. The Bertz CT molecular complexity index is 354. The summed E-state index contributed by atoms with van der Waals surface area (Å²) >= 11 is 2.03. The minimum atomic E-state index is -0.151. The predicted octanol–water partition coefficient (Wildman–Crippen LogP) is 2.83. The Labute approximate surface area is 117 Å². The van der Waals surface area contributed by atoms with Crippen molar-refractivity contribution in [2.24, 2.45) is 5.92 Å². The van der Waals surface area contributed by atoms with Crippen molar-refractivity contribution in [1.82, 2.24) is 8.85 Å². The van der Waals surface area contributed by atoms with E-state index in [0.717, 1.165) is 5.56 Å². The van der Waals surface area contributed by atoms with Crippen LogP contribution in [-0.2, 0) is 4.79 Å². The predicted molar refractivity (Wildman–Crippen MR) is 78.8 cm³/mol. The molecule has 0 saturated heterocycles. The summed E-state index contributed by atoms with van der Waals surface area (Å²) in [6, 6.07) is 9.86. The van der Waals surface area contributed by atoms with Gasteiger partial charge in [-0.2, -0.15) is 0 Å². The number of nitrogens with one attached hydrogen (secondary N) is 2. The number of rotatable bonds is 5. The van der Waals surface area contributed by atoms with Crippen LogP contribution in [0.3, 0.4) is 0 Å². The topological polar surface area (TPSA) is 41.1 Å². The van der Waals surface area contributed by atoms with Crippen molar-refractivity contribution in [2.75, 3.05) is 0 Å². The molecular weight excluding hydrogens is 327 g/mol. The first-order valence-electron chi connectivity index (χ1n) is 5.77. The van der Waals surface area contributed by atoms with Gasteiger partial charge in [0.05, 0.1) is 12.1 Å². The van der Waals surface area contributed by atoms with Gasteiger partial charge in [-0.3, -0.25) is 4.79 Å². The standard InChI is InChI=1S/C13H19IN2O/c1-9(2)12(16-14)13(17)15-10(3)11-7-5-4-6-8-11/h4-10,12,16H,1-3H3,(H,15,17)/t10-,12+/m0/s1. The van der Waals surface area contributed by atoms with Gasteiger partial charge in [-0.1, -0.05) is 44.2 Å². The van der Waals surface area contributed by atoms with Crippen molar-refractivity contribution in [3.8, 4) is 0 Å². The van der Waals surface area contributed by atoms with Crippen molar-refractivity contribution >= 4 is 28.8 Å². The fourth-order valence-corrected chi connectivity index (χ4v) is 2.61. The van der Waals surface area contributed by atoms with Crippen LogP contribution in [0.25, 0.3) is 0 Å². The van der Waals surface area contributed by atoms with Crippen LogP contribution in [-0.4, -0.2) is 11.9 Å². The van der Waals surface area contributed by atoms with Gasteiger partial charge >= 0.3 is 0 Å². The number of amides is 1. The van der Waals surface area contributed by atoms with E-state index in [-0.39, 0.29) is 23.9 Å². The van der Waals surface area contributed by atoms with Gasteiger partial charge in [-0.25, -0.2) is 3.53 Å². The van der Waals surface area contributed by atoms with E-state index in [1.807, 2.05) is 74.0 Å². The van der Waals surface area contributed by atoms with Crippen LogP contribution >= 0.6 is 22.9 Å². The maximum atomic E-state index is 12.0. The molecule has 1 aromatic carbocycles. The molecule has 0 aliphatic heterocycles. The largest absolute Gasteiger partial charge is 0.348 e. The minimum absolute atomic E-state index is 0.0368. The lowest BCUT2D eigenvalue weighted by Crippen LogP contribution is -2.44. The highest BCUT2D eigenvalue weighted by atomic mass is 127. The smallest absolute Gasteiger partial charge is 0.238 e. The fourth-order valence-electron chi connectivity index (χ4n) is 1.61. The molecule has 0 aromatic heterocycles. The molecule has 1 amide bonds. The first-order valence-corrected chi connectivity index (χ1v) is 6.85. The monoisotopic (exact) mass is 346 g/mol. The molecule has 4 heteroatoms. The minimum Gasteiger partial charge on any atom is -0.348 e. The van der Waals surface area contributed by atoms with Gasteiger partial charge in [0.1, 0.15) is 0 Å². The Morgan fingerprint density at radius 2 is 1.76 bits per heavy atom. The second kappa shape index (κ2) is 6.96. The molecule has 0 radical (unpaired) electrons. The molecule has 2 N–H and O–H groups in total. The zero-order valence-electron chi connectivity index (χ0n) is 10.4. The van der Waals surface area contributed by atoms with E-state index in [9.17, 15) is 4.79 Å². The lowest BCUT2D eigenvalue weighted by Gasteiger charge is -2.21. The van der Waals surface area contributed by atoms with Crippen LogP contribution in [0.2, 0.25) is 0 Å². The van der Waals surface area contributed by atoms with Crippen molar-refractivity contribution in [1.29, 1.82) is 0 Å².